The predicted molar refractivity (Wildman–Crippen MR) is 99.2 cm³/mol. The van der Waals surface area contributed by atoms with Crippen LogP contribution in [0, 0.1) is 5.82 Å². The van der Waals surface area contributed by atoms with E-state index in [-0.39, 0.29) is 17.3 Å². The summed E-state index contributed by atoms with van der Waals surface area (Å²) in [4.78, 5) is 17.6. The lowest BCUT2D eigenvalue weighted by atomic mass is 10.2. The molecular weight excluding hydrogens is 391 g/mol. The number of hydrogen-bond acceptors (Lipinski definition) is 6. The number of carbonyl (C=O) groups is 1. The highest BCUT2D eigenvalue weighted by Crippen LogP contribution is 2.26. The van der Waals surface area contributed by atoms with E-state index in [9.17, 15) is 17.6 Å². The Bertz CT molecular complexity index is 1090. The molecule has 3 heterocycles. The summed E-state index contributed by atoms with van der Waals surface area (Å²) < 4.78 is 38.2. The molecule has 1 aliphatic heterocycles. The van der Waals surface area contributed by atoms with E-state index < -0.39 is 27.6 Å². The molecule has 140 valence electrons. The van der Waals surface area contributed by atoms with E-state index in [2.05, 4.69) is 15.4 Å². The topological polar surface area (TPSA) is 94.0 Å². The molecule has 1 unspecified atom stereocenters. The minimum absolute atomic E-state index is 0.0591. The summed E-state index contributed by atoms with van der Waals surface area (Å²) >= 11 is 1.42. The molecule has 1 amide bonds. The van der Waals surface area contributed by atoms with Crippen molar-refractivity contribution in [1.82, 2.24) is 20.1 Å². The number of halogens is 1. The molecule has 0 radical (unpaired) electrons. The lowest BCUT2D eigenvalue weighted by molar-refractivity contribution is 0.0930. The Morgan fingerprint density at radius 2 is 2.15 bits per heavy atom. The highest BCUT2D eigenvalue weighted by Gasteiger charge is 2.30. The van der Waals surface area contributed by atoms with Gasteiger partial charge in [0.25, 0.3) is 5.91 Å². The zero-order valence-corrected chi connectivity index (χ0v) is 15.6. The number of hydrogen-bond donors (Lipinski definition) is 1. The van der Waals surface area contributed by atoms with Gasteiger partial charge in [-0.1, -0.05) is 12.1 Å². The summed E-state index contributed by atoms with van der Waals surface area (Å²) in [7, 11) is -3.11. The summed E-state index contributed by atoms with van der Waals surface area (Å²) in [5.41, 5.74) is 0.438. The Morgan fingerprint density at radius 3 is 2.81 bits per heavy atom. The van der Waals surface area contributed by atoms with Crippen LogP contribution in [-0.4, -0.2) is 46.6 Å². The highest BCUT2D eigenvalue weighted by atomic mass is 32.2. The van der Waals surface area contributed by atoms with Crippen molar-refractivity contribution in [3.63, 3.8) is 0 Å². The van der Waals surface area contributed by atoms with Gasteiger partial charge in [0.1, 0.15) is 5.82 Å². The van der Waals surface area contributed by atoms with Crippen molar-refractivity contribution in [2.75, 3.05) is 11.5 Å². The monoisotopic (exact) mass is 406 g/mol. The van der Waals surface area contributed by atoms with Crippen molar-refractivity contribution in [1.29, 1.82) is 0 Å². The number of thiophene rings is 1. The molecular formula is C17H15FN4O3S2. The van der Waals surface area contributed by atoms with Crippen LogP contribution in [0.1, 0.15) is 17.0 Å². The molecule has 1 aromatic carbocycles. The second-order valence-corrected chi connectivity index (χ2v) is 9.38. The van der Waals surface area contributed by atoms with Crippen LogP contribution in [0.5, 0.6) is 0 Å². The van der Waals surface area contributed by atoms with Crippen molar-refractivity contribution in [2.45, 2.75) is 12.5 Å². The van der Waals surface area contributed by atoms with Crippen LogP contribution in [-0.2, 0) is 9.84 Å². The Balaban J connectivity index is 1.68. The fourth-order valence-corrected chi connectivity index (χ4v) is 5.29. The van der Waals surface area contributed by atoms with Gasteiger partial charge in [0.2, 0.25) is 5.82 Å². The van der Waals surface area contributed by atoms with Crippen molar-refractivity contribution >= 4 is 27.1 Å². The Kier molecular flexibility index (Phi) is 4.52. The van der Waals surface area contributed by atoms with Gasteiger partial charge in [-0.15, -0.1) is 16.4 Å². The molecule has 3 aromatic rings. The number of rotatable bonds is 4. The minimum Gasteiger partial charge on any atom is -0.345 e. The van der Waals surface area contributed by atoms with Gasteiger partial charge < -0.3 is 5.32 Å². The quantitative estimate of drug-likeness (QED) is 0.716. The second kappa shape index (κ2) is 6.86. The van der Waals surface area contributed by atoms with E-state index in [1.165, 1.54) is 28.2 Å². The fourth-order valence-electron chi connectivity index (χ4n) is 2.92. The van der Waals surface area contributed by atoms with Crippen molar-refractivity contribution in [3.8, 4) is 16.4 Å². The van der Waals surface area contributed by atoms with Crippen LogP contribution in [0.2, 0.25) is 0 Å². The molecule has 0 bridgehead atoms. The fraction of sp³-hybridized carbons (Fsp3) is 0.235. The van der Waals surface area contributed by atoms with E-state index in [0.717, 1.165) is 4.88 Å². The normalized spacial score (nSPS) is 18.5. The lowest BCUT2D eigenvalue weighted by Crippen LogP contribution is -2.36. The molecule has 0 saturated carbocycles. The number of nitrogens with zero attached hydrogens (tertiary/aromatic N) is 3. The van der Waals surface area contributed by atoms with Gasteiger partial charge in [-0.25, -0.2) is 22.5 Å². The SMILES string of the molecule is O=C(NC1CCS(=O)(=O)C1)c1nc(-c2cccs2)n(-c2cccc(F)c2)n1. The van der Waals surface area contributed by atoms with E-state index >= 15 is 0 Å². The number of benzene rings is 1. The van der Waals surface area contributed by atoms with E-state index in [1.807, 2.05) is 17.5 Å². The summed E-state index contributed by atoms with van der Waals surface area (Å²) in [5, 5.41) is 8.78. The van der Waals surface area contributed by atoms with Gasteiger partial charge in [-0.05, 0) is 36.1 Å². The van der Waals surface area contributed by atoms with Crippen molar-refractivity contribution in [3.05, 3.63) is 53.4 Å². The average molecular weight is 406 g/mol. The van der Waals surface area contributed by atoms with Gasteiger partial charge in [-0.3, -0.25) is 4.79 Å². The van der Waals surface area contributed by atoms with Crippen LogP contribution < -0.4 is 5.32 Å². The van der Waals surface area contributed by atoms with Gasteiger partial charge >= 0.3 is 0 Å². The van der Waals surface area contributed by atoms with Crippen LogP contribution in [0.4, 0.5) is 4.39 Å². The van der Waals surface area contributed by atoms with Crippen LogP contribution >= 0.6 is 11.3 Å². The van der Waals surface area contributed by atoms with Gasteiger partial charge in [0.15, 0.2) is 15.7 Å². The van der Waals surface area contributed by atoms with Crippen molar-refractivity contribution < 1.29 is 17.6 Å². The molecule has 0 aliphatic carbocycles. The average Bonchev–Trinajstić information content (AvgIpc) is 3.33. The van der Waals surface area contributed by atoms with E-state index in [0.29, 0.717) is 17.9 Å². The first-order chi connectivity index (χ1) is 12.9. The third-order valence-corrected chi connectivity index (χ3v) is 6.81. The Hall–Kier alpha value is -2.59. The first-order valence-corrected chi connectivity index (χ1v) is 10.9. The molecule has 1 N–H and O–H groups in total. The second-order valence-electron chi connectivity index (χ2n) is 6.20. The Morgan fingerprint density at radius 1 is 1.30 bits per heavy atom. The van der Waals surface area contributed by atoms with E-state index in [4.69, 9.17) is 0 Å². The zero-order valence-electron chi connectivity index (χ0n) is 14.0. The smallest absolute Gasteiger partial charge is 0.291 e. The van der Waals surface area contributed by atoms with Crippen LogP contribution in [0.3, 0.4) is 0 Å². The molecule has 1 fully saturated rings. The first-order valence-electron chi connectivity index (χ1n) is 8.19. The molecule has 1 saturated heterocycles. The minimum atomic E-state index is -3.11. The maximum atomic E-state index is 13.6. The third kappa shape index (κ3) is 3.76. The number of amides is 1. The Labute approximate surface area is 158 Å². The lowest BCUT2D eigenvalue weighted by Gasteiger charge is -2.08. The number of aromatic nitrogens is 3. The molecule has 1 aliphatic rings. The maximum absolute atomic E-state index is 13.6. The summed E-state index contributed by atoms with van der Waals surface area (Å²) in [6.45, 7) is 0. The zero-order chi connectivity index (χ0) is 19.0. The predicted octanol–water partition coefficient (Wildman–Crippen LogP) is 2.05. The summed E-state index contributed by atoms with van der Waals surface area (Å²) in [6, 6.07) is 9.06. The number of sulfone groups is 1. The molecule has 2 aromatic heterocycles. The standard InChI is InChI=1S/C17H15FN4O3S2/c18-11-3-1-4-13(9-11)22-16(14-5-2-7-26-14)20-15(21-22)17(23)19-12-6-8-27(24,25)10-12/h1-5,7,9,12H,6,8,10H2,(H,19,23). The van der Waals surface area contributed by atoms with Gasteiger partial charge in [0, 0.05) is 6.04 Å². The van der Waals surface area contributed by atoms with E-state index in [1.54, 1.807) is 12.1 Å². The van der Waals surface area contributed by atoms with Gasteiger partial charge in [-0.2, -0.15) is 0 Å². The molecule has 27 heavy (non-hydrogen) atoms. The molecule has 0 spiro atoms. The van der Waals surface area contributed by atoms with Crippen LogP contribution in [0.15, 0.2) is 41.8 Å². The molecule has 7 nitrogen and oxygen atoms in total. The largest absolute Gasteiger partial charge is 0.345 e. The molecule has 10 heteroatoms. The highest BCUT2D eigenvalue weighted by molar-refractivity contribution is 7.91. The molecule has 1 atom stereocenters. The number of carbonyl (C=O) groups excluding carboxylic acids is 1. The van der Waals surface area contributed by atoms with Crippen molar-refractivity contribution in [2.24, 2.45) is 0 Å². The summed E-state index contributed by atoms with van der Waals surface area (Å²) in [6.07, 6.45) is 0.371. The number of nitrogens with one attached hydrogen (secondary N) is 1. The molecule has 4 rings (SSSR count). The third-order valence-electron chi connectivity index (χ3n) is 4.17. The maximum Gasteiger partial charge on any atom is 0.291 e. The van der Waals surface area contributed by atoms with Gasteiger partial charge in [0.05, 0.1) is 22.1 Å². The first kappa shape index (κ1) is 17.8. The summed E-state index contributed by atoms with van der Waals surface area (Å²) in [5.74, 6) is -0.677. The van der Waals surface area contributed by atoms with Crippen LogP contribution in [0.25, 0.3) is 16.4 Å².